The number of piperidine rings is 1. The van der Waals surface area contributed by atoms with Gasteiger partial charge in [0.1, 0.15) is 6.23 Å². The summed E-state index contributed by atoms with van der Waals surface area (Å²) < 4.78 is 5.65. The van der Waals surface area contributed by atoms with Crippen LogP contribution >= 0.6 is 0 Å². The van der Waals surface area contributed by atoms with E-state index in [4.69, 9.17) is 4.74 Å². The van der Waals surface area contributed by atoms with Gasteiger partial charge in [0.05, 0.1) is 12.1 Å². The minimum Gasteiger partial charge on any atom is -0.361 e. The van der Waals surface area contributed by atoms with Gasteiger partial charge in [-0.15, -0.1) is 0 Å². The Kier molecular flexibility index (Phi) is 1.70. The van der Waals surface area contributed by atoms with Crippen molar-refractivity contribution < 1.29 is 9.94 Å². The molecule has 0 aromatic carbocycles. The predicted molar refractivity (Wildman–Crippen MR) is 47.3 cm³/mol. The van der Waals surface area contributed by atoms with Gasteiger partial charge in [-0.1, -0.05) is 6.42 Å². The summed E-state index contributed by atoms with van der Waals surface area (Å²) in [6.45, 7) is 0.877. The van der Waals surface area contributed by atoms with Crippen LogP contribution in [-0.2, 0) is 4.74 Å². The molecule has 1 spiro atoms. The lowest BCUT2D eigenvalue weighted by molar-refractivity contribution is -0.331. The first kappa shape index (κ1) is 8.21. The second kappa shape index (κ2) is 2.69. The summed E-state index contributed by atoms with van der Waals surface area (Å²) >= 11 is 0. The first-order valence-corrected chi connectivity index (χ1v) is 5.43. The van der Waals surface area contributed by atoms with Crippen LogP contribution in [0.15, 0.2) is 0 Å². The molecular formula is C10H17NO2. The Hall–Kier alpha value is -0.120. The van der Waals surface area contributed by atoms with Crippen molar-refractivity contribution >= 4 is 0 Å². The second-order valence-corrected chi connectivity index (χ2v) is 4.72. The van der Waals surface area contributed by atoms with Gasteiger partial charge in [-0.3, -0.25) is 0 Å². The highest BCUT2D eigenvalue weighted by Gasteiger charge is 2.54. The molecule has 3 atom stereocenters. The first-order valence-electron chi connectivity index (χ1n) is 5.43. The van der Waals surface area contributed by atoms with E-state index in [1.165, 1.54) is 32.1 Å². The number of fused-ring (bicyclic) bond motifs is 1. The molecule has 2 saturated heterocycles. The Balaban J connectivity index is 1.95. The summed E-state index contributed by atoms with van der Waals surface area (Å²) in [4.78, 5) is 0. The lowest BCUT2D eigenvalue weighted by atomic mass is 9.78. The fourth-order valence-electron chi connectivity index (χ4n) is 3.48. The van der Waals surface area contributed by atoms with Crippen LogP contribution in [0.2, 0.25) is 0 Å². The minimum atomic E-state index is 0.00287. The van der Waals surface area contributed by atoms with E-state index in [1.54, 1.807) is 5.06 Å². The van der Waals surface area contributed by atoms with Crippen LogP contribution in [0.25, 0.3) is 0 Å². The zero-order chi connectivity index (χ0) is 8.89. The molecule has 2 heterocycles. The van der Waals surface area contributed by atoms with Crippen LogP contribution in [0.5, 0.6) is 0 Å². The van der Waals surface area contributed by atoms with Gasteiger partial charge in [-0.2, -0.15) is 5.06 Å². The Morgan fingerprint density at radius 1 is 1.23 bits per heavy atom. The number of nitrogens with zero attached hydrogens (tertiary/aromatic N) is 1. The normalized spacial score (nSPS) is 50.5. The Labute approximate surface area is 78.6 Å². The van der Waals surface area contributed by atoms with Crippen LogP contribution in [0.4, 0.5) is 0 Å². The van der Waals surface area contributed by atoms with Crippen LogP contribution in [-0.4, -0.2) is 28.6 Å². The van der Waals surface area contributed by atoms with Gasteiger partial charge < -0.3 is 9.94 Å². The number of hydroxylamine groups is 2. The summed E-state index contributed by atoms with van der Waals surface area (Å²) in [5.74, 6) is 0.592. The minimum absolute atomic E-state index is 0.00287. The summed E-state index contributed by atoms with van der Waals surface area (Å²) in [7, 11) is 0. The monoisotopic (exact) mass is 183 g/mol. The highest BCUT2D eigenvalue weighted by atomic mass is 16.6. The zero-order valence-corrected chi connectivity index (χ0v) is 7.91. The van der Waals surface area contributed by atoms with Gasteiger partial charge in [-0.05, 0) is 32.1 Å². The molecule has 74 valence electrons. The number of hydrogen-bond donors (Lipinski definition) is 1. The molecule has 3 heteroatoms. The topological polar surface area (TPSA) is 32.7 Å². The Morgan fingerprint density at radius 2 is 2.00 bits per heavy atom. The van der Waals surface area contributed by atoms with Crippen LogP contribution < -0.4 is 0 Å². The molecule has 1 aliphatic carbocycles. The fourth-order valence-corrected chi connectivity index (χ4v) is 3.48. The SMILES string of the molecule is ON1[C@@H]2CCC[C@]13CCC[C@@H]3CO2. The number of ether oxygens (including phenoxy) is 1. The molecule has 3 rings (SSSR count). The van der Waals surface area contributed by atoms with Gasteiger partial charge >= 0.3 is 0 Å². The van der Waals surface area contributed by atoms with Crippen molar-refractivity contribution in [2.24, 2.45) is 5.92 Å². The molecule has 1 saturated carbocycles. The smallest absolute Gasteiger partial charge is 0.133 e. The van der Waals surface area contributed by atoms with Crippen LogP contribution in [0.3, 0.4) is 0 Å². The number of rotatable bonds is 0. The quantitative estimate of drug-likeness (QED) is 0.621. The third kappa shape index (κ3) is 0.953. The summed E-state index contributed by atoms with van der Waals surface area (Å²) in [5.41, 5.74) is 0.112. The van der Waals surface area contributed by atoms with E-state index in [9.17, 15) is 5.21 Å². The summed E-state index contributed by atoms with van der Waals surface area (Å²) in [6, 6.07) is 0. The first-order chi connectivity index (χ1) is 6.33. The Bertz CT molecular complexity index is 221. The third-order valence-electron chi connectivity index (χ3n) is 4.20. The van der Waals surface area contributed by atoms with Gasteiger partial charge in [0.15, 0.2) is 0 Å². The molecule has 3 aliphatic rings. The molecule has 3 fully saturated rings. The maximum Gasteiger partial charge on any atom is 0.133 e. The summed E-state index contributed by atoms with van der Waals surface area (Å²) in [5, 5.41) is 11.6. The predicted octanol–water partition coefficient (Wildman–Crippen LogP) is 1.76. The van der Waals surface area contributed by atoms with Crippen molar-refractivity contribution in [3.8, 4) is 0 Å². The lowest BCUT2D eigenvalue weighted by Crippen LogP contribution is -2.62. The van der Waals surface area contributed by atoms with E-state index in [0.717, 1.165) is 13.0 Å². The second-order valence-electron chi connectivity index (χ2n) is 4.72. The van der Waals surface area contributed by atoms with Crippen molar-refractivity contribution in [1.29, 1.82) is 0 Å². The van der Waals surface area contributed by atoms with E-state index in [1.807, 2.05) is 0 Å². The molecule has 2 bridgehead atoms. The maximum atomic E-state index is 10.1. The van der Waals surface area contributed by atoms with Crippen molar-refractivity contribution in [1.82, 2.24) is 5.06 Å². The van der Waals surface area contributed by atoms with Gasteiger partial charge in [-0.25, -0.2) is 0 Å². The molecule has 13 heavy (non-hydrogen) atoms. The lowest BCUT2D eigenvalue weighted by Gasteiger charge is -2.52. The van der Waals surface area contributed by atoms with Gasteiger partial charge in [0.25, 0.3) is 0 Å². The molecule has 0 radical (unpaired) electrons. The molecule has 0 amide bonds. The highest BCUT2D eigenvalue weighted by Crippen LogP contribution is 2.49. The molecule has 0 unspecified atom stereocenters. The maximum absolute atomic E-state index is 10.1. The van der Waals surface area contributed by atoms with E-state index in [2.05, 4.69) is 0 Å². The Morgan fingerprint density at radius 3 is 2.85 bits per heavy atom. The van der Waals surface area contributed by atoms with E-state index in [0.29, 0.717) is 5.92 Å². The molecule has 3 nitrogen and oxygen atoms in total. The van der Waals surface area contributed by atoms with Crippen molar-refractivity contribution in [2.45, 2.75) is 50.3 Å². The van der Waals surface area contributed by atoms with Crippen molar-refractivity contribution in [2.75, 3.05) is 6.61 Å². The van der Waals surface area contributed by atoms with E-state index < -0.39 is 0 Å². The molecule has 1 N–H and O–H groups in total. The fraction of sp³-hybridized carbons (Fsp3) is 1.00. The third-order valence-corrected chi connectivity index (χ3v) is 4.20. The van der Waals surface area contributed by atoms with Crippen LogP contribution in [0, 0.1) is 5.92 Å². The van der Waals surface area contributed by atoms with Gasteiger partial charge in [0.2, 0.25) is 0 Å². The summed E-state index contributed by atoms with van der Waals surface area (Å²) in [6.07, 6.45) is 7.08. The molecule has 0 aromatic heterocycles. The molecule has 2 aliphatic heterocycles. The standard InChI is InChI=1S/C10H17NO2/c12-11-9-4-2-6-10(11)5-1-3-8(10)7-13-9/h8-9,12H,1-7H2/t8-,9+,10+/m1/s1. The zero-order valence-electron chi connectivity index (χ0n) is 7.91. The van der Waals surface area contributed by atoms with Crippen molar-refractivity contribution in [3.63, 3.8) is 0 Å². The van der Waals surface area contributed by atoms with Crippen molar-refractivity contribution in [3.05, 3.63) is 0 Å². The number of hydrogen-bond acceptors (Lipinski definition) is 3. The highest BCUT2D eigenvalue weighted by molar-refractivity contribution is 5.03. The molecule has 0 aromatic rings. The van der Waals surface area contributed by atoms with Crippen LogP contribution in [0.1, 0.15) is 38.5 Å². The average Bonchev–Trinajstić information content (AvgIpc) is 2.48. The van der Waals surface area contributed by atoms with E-state index >= 15 is 0 Å². The average molecular weight is 183 g/mol. The largest absolute Gasteiger partial charge is 0.361 e. The molecular weight excluding hydrogens is 166 g/mol. The van der Waals surface area contributed by atoms with E-state index in [-0.39, 0.29) is 11.8 Å². The van der Waals surface area contributed by atoms with Gasteiger partial charge in [0, 0.05) is 5.92 Å².